The maximum Gasteiger partial charge on any atom is 0.407 e. The second-order valence-electron chi connectivity index (χ2n) is 9.89. The Balaban J connectivity index is 1.29. The van der Waals surface area contributed by atoms with Crippen LogP contribution in [0.15, 0.2) is 48.5 Å². The van der Waals surface area contributed by atoms with Gasteiger partial charge in [-0.15, -0.1) is 0 Å². The summed E-state index contributed by atoms with van der Waals surface area (Å²) in [6, 6.07) is 15.4. The standard InChI is InChI=1S/C27H30N2O5/c1-3-16(2)23(24(30)29-14-17-12-27(29,13-17)25(31)32)28-26(33)34-15-22-20-10-6-4-8-18(20)19-9-5-7-11-21(19)22/h4-11,16-17,22-23H,3,12-15H2,1-2H3,(H,28,33)(H,31,32)/t16?,17?,23-,27?/m0/s1. The van der Waals surface area contributed by atoms with Gasteiger partial charge in [0.2, 0.25) is 5.91 Å². The Bertz CT molecular complexity index is 1090. The van der Waals surface area contributed by atoms with E-state index in [-0.39, 0.29) is 30.3 Å². The van der Waals surface area contributed by atoms with Gasteiger partial charge in [-0.05, 0) is 46.9 Å². The van der Waals surface area contributed by atoms with E-state index >= 15 is 0 Å². The highest BCUT2D eigenvalue weighted by Crippen LogP contribution is 2.51. The number of nitrogens with one attached hydrogen (secondary N) is 1. The maximum atomic E-state index is 13.4. The van der Waals surface area contributed by atoms with Crippen LogP contribution in [0.5, 0.6) is 0 Å². The van der Waals surface area contributed by atoms with Crippen molar-refractivity contribution in [1.29, 1.82) is 0 Å². The number of benzene rings is 2. The third-order valence-corrected chi connectivity index (χ3v) is 7.97. The summed E-state index contributed by atoms with van der Waals surface area (Å²) in [6.45, 7) is 4.43. The first-order valence-corrected chi connectivity index (χ1v) is 12.0. The summed E-state index contributed by atoms with van der Waals surface area (Å²) in [6.07, 6.45) is 0.993. The van der Waals surface area contributed by atoms with Crippen LogP contribution in [-0.2, 0) is 14.3 Å². The molecule has 2 aromatic rings. The number of carboxylic acids is 1. The smallest absolute Gasteiger partial charge is 0.407 e. The van der Waals surface area contributed by atoms with E-state index in [1.807, 2.05) is 38.1 Å². The van der Waals surface area contributed by atoms with E-state index in [9.17, 15) is 19.5 Å². The second-order valence-corrected chi connectivity index (χ2v) is 9.89. The van der Waals surface area contributed by atoms with Crippen LogP contribution in [-0.4, -0.2) is 52.7 Å². The Kier molecular flexibility index (Phi) is 5.58. The Labute approximate surface area is 199 Å². The van der Waals surface area contributed by atoms with Crippen molar-refractivity contribution in [1.82, 2.24) is 10.2 Å². The third-order valence-electron chi connectivity index (χ3n) is 7.97. The van der Waals surface area contributed by atoms with Crippen molar-refractivity contribution in [3.63, 3.8) is 0 Å². The van der Waals surface area contributed by atoms with Crippen molar-refractivity contribution in [3.05, 3.63) is 59.7 Å². The van der Waals surface area contributed by atoms with E-state index < -0.39 is 23.6 Å². The van der Waals surface area contributed by atoms with Gasteiger partial charge in [-0.1, -0.05) is 68.8 Å². The van der Waals surface area contributed by atoms with Crippen LogP contribution in [0.4, 0.5) is 4.79 Å². The molecular formula is C27H30N2O5. The normalized spacial score (nSPS) is 23.9. The van der Waals surface area contributed by atoms with Crippen LogP contribution in [0.2, 0.25) is 0 Å². The van der Waals surface area contributed by atoms with E-state index in [1.54, 1.807) is 0 Å². The number of carboxylic acid groups (broad SMARTS) is 1. The van der Waals surface area contributed by atoms with Crippen LogP contribution in [0.25, 0.3) is 11.1 Å². The van der Waals surface area contributed by atoms with Crippen LogP contribution >= 0.6 is 0 Å². The molecule has 34 heavy (non-hydrogen) atoms. The SMILES string of the molecule is CCC(C)[C@H](NC(=O)OCC1c2ccccc2-c2ccccc21)C(=O)N1CC2CC1(C(=O)O)C2. The van der Waals surface area contributed by atoms with Gasteiger partial charge in [-0.25, -0.2) is 9.59 Å². The van der Waals surface area contributed by atoms with Gasteiger partial charge in [0.15, 0.2) is 0 Å². The molecule has 4 aliphatic rings. The number of aliphatic carboxylic acids is 1. The Hall–Kier alpha value is -3.35. The van der Waals surface area contributed by atoms with Crippen molar-refractivity contribution < 1.29 is 24.2 Å². The van der Waals surface area contributed by atoms with Gasteiger partial charge in [0.05, 0.1) is 0 Å². The lowest BCUT2D eigenvalue weighted by Gasteiger charge is -2.39. The molecule has 3 fully saturated rings. The topological polar surface area (TPSA) is 95.9 Å². The molecule has 2 aromatic carbocycles. The summed E-state index contributed by atoms with van der Waals surface area (Å²) in [5, 5.41) is 12.5. The number of amides is 2. The van der Waals surface area contributed by atoms with Crippen LogP contribution in [0.3, 0.4) is 0 Å². The lowest BCUT2D eigenvalue weighted by atomic mass is 9.73. The quantitative estimate of drug-likeness (QED) is 0.648. The molecule has 2 N–H and O–H groups in total. The van der Waals surface area contributed by atoms with E-state index in [4.69, 9.17) is 4.74 Å². The molecule has 2 aliphatic heterocycles. The first-order valence-electron chi connectivity index (χ1n) is 12.0. The number of alkyl carbamates (subject to hydrolysis) is 1. The van der Waals surface area contributed by atoms with E-state index in [1.165, 1.54) is 4.90 Å². The number of nitrogens with zero attached hydrogens (tertiary/aromatic N) is 1. The van der Waals surface area contributed by atoms with Crippen molar-refractivity contribution in [2.45, 2.75) is 50.6 Å². The molecule has 2 atom stereocenters. The zero-order valence-electron chi connectivity index (χ0n) is 19.5. The van der Waals surface area contributed by atoms with Crippen molar-refractivity contribution in [3.8, 4) is 11.1 Å². The second kappa shape index (κ2) is 8.46. The number of carbonyl (C=O) groups excluding carboxylic acids is 2. The van der Waals surface area contributed by atoms with Crippen molar-refractivity contribution in [2.24, 2.45) is 11.8 Å². The van der Waals surface area contributed by atoms with E-state index in [2.05, 4.69) is 29.6 Å². The average molecular weight is 463 g/mol. The van der Waals surface area contributed by atoms with Gasteiger partial charge in [0.1, 0.15) is 18.2 Å². The fourth-order valence-electron chi connectivity index (χ4n) is 5.89. The molecule has 0 spiro atoms. The predicted molar refractivity (Wildman–Crippen MR) is 126 cm³/mol. The highest BCUT2D eigenvalue weighted by Gasteiger charge is 2.63. The zero-order chi connectivity index (χ0) is 24.0. The molecule has 2 heterocycles. The summed E-state index contributed by atoms with van der Waals surface area (Å²) in [5.41, 5.74) is 3.41. The number of rotatable bonds is 7. The Morgan fingerprint density at radius 2 is 1.68 bits per heavy atom. The molecule has 178 valence electrons. The molecule has 2 aliphatic carbocycles. The average Bonchev–Trinajstić information content (AvgIpc) is 3.49. The van der Waals surface area contributed by atoms with Crippen molar-refractivity contribution in [2.75, 3.05) is 13.2 Å². The Morgan fingerprint density at radius 1 is 1.09 bits per heavy atom. The van der Waals surface area contributed by atoms with Crippen LogP contribution in [0.1, 0.15) is 50.2 Å². The van der Waals surface area contributed by atoms with Gasteiger partial charge < -0.3 is 20.1 Å². The number of carbonyl (C=O) groups is 3. The van der Waals surface area contributed by atoms with Crippen LogP contribution < -0.4 is 5.32 Å². The molecule has 0 radical (unpaired) electrons. The third kappa shape index (κ3) is 3.45. The van der Waals surface area contributed by atoms with Gasteiger partial charge >= 0.3 is 12.1 Å². The minimum atomic E-state index is -1.11. The monoisotopic (exact) mass is 462 g/mol. The summed E-state index contributed by atoms with van der Waals surface area (Å²) >= 11 is 0. The van der Waals surface area contributed by atoms with Gasteiger partial charge in [0.25, 0.3) is 0 Å². The highest BCUT2D eigenvalue weighted by atomic mass is 16.5. The van der Waals surface area contributed by atoms with Crippen LogP contribution in [0, 0.1) is 11.8 Å². The molecule has 7 heteroatoms. The first-order chi connectivity index (χ1) is 16.4. The fourth-order valence-corrected chi connectivity index (χ4v) is 5.89. The minimum Gasteiger partial charge on any atom is -0.479 e. The lowest BCUT2D eigenvalue weighted by molar-refractivity contribution is -0.159. The molecular weight excluding hydrogens is 432 g/mol. The molecule has 7 nitrogen and oxygen atoms in total. The minimum absolute atomic E-state index is 0.0722. The molecule has 0 aromatic heterocycles. The molecule has 1 unspecified atom stereocenters. The summed E-state index contributed by atoms with van der Waals surface area (Å²) < 4.78 is 5.65. The summed E-state index contributed by atoms with van der Waals surface area (Å²) in [7, 11) is 0. The number of ether oxygens (including phenoxy) is 1. The van der Waals surface area contributed by atoms with E-state index in [0.717, 1.165) is 22.3 Å². The number of hydrogen-bond acceptors (Lipinski definition) is 4. The number of fused-ring (bicyclic) bond motifs is 4. The first kappa shape index (κ1) is 22.4. The summed E-state index contributed by atoms with van der Waals surface area (Å²) in [5.74, 6) is -1.29. The highest BCUT2D eigenvalue weighted by molar-refractivity contribution is 5.93. The van der Waals surface area contributed by atoms with Crippen molar-refractivity contribution >= 4 is 18.0 Å². The largest absolute Gasteiger partial charge is 0.479 e. The predicted octanol–water partition coefficient (Wildman–Crippen LogP) is 4.02. The molecule has 1 saturated carbocycles. The summed E-state index contributed by atoms with van der Waals surface area (Å²) in [4.78, 5) is 39.6. The Morgan fingerprint density at radius 3 is 2.24 bits per heavy atom. The number of hydrogen-bond donors (Lipinski definition) is 2. The zero-order valence-corrected chi connectivity index (χ0v) is 19.5. The molecule has 2 bridgehead atoms. The van der Waals surface area contributed by atoms with Gasteiger partial charge in [-0.3, -0.25) is 4.79 Å². The van der Waals surface area contributed by atoms with Gasteiger partial charge in [0, 0.05) is 12.5 Å². The fraction of sp³-hybridized carbons (Fsp3) is 0.444. The molecule has 2 amide bonds. The maximum absolute atomic E-state index is 13.4. The molecule has 2 saturated heterocycles. The van der Waals surface area contributed by atoms with E-state index in [0.29, 0.717) is 25.8 Å². The molecule has 6 rings (SSSR count). The van der Waals surface area contributed by atoms with Gasteiger partial charge in [-0.2, -0.15) is 0 Å². The lowest BCUT2D eigenvalue weighted by Crippen LogP contribution is -2.60.